The molecule has 3 aromatic carbocycles. The summed E-state index contributed by atoms with van der Waals surface area (Å²) in [6, 6.07) is 20.1. The lowest BCUT2D eigenvalue weighted by Crippen LogP contribution is -2.06. The van der Waals surface area contributed by atoms with Crippen LogP contribution in [0.2, 0.25) is 0 Å². The van der Waals surface area contributed by atoms with Gasteiger partial charge < -0.3 is 10.5 Å². The van der Waals surface area contributed by atoms with Gasteiger partial charge in [0.2, 0.25) is 0 Å². The van der Waals surface area contributed by atoms with Crippen LogP contribution in [0.5, 0.6) is 11.5 Å². The largest absolute Gasteiger partial charge is 0.456 e. The minimum atomic E-state index is -0.0903. The summed E-state index contributed by atoms with van der Waals surface area (Å²) >= 11 is 3.48. The van der Waals surface area contributed by atoms with Crippen LogP contribution in [0.25, 0.3) is 10.8 Å². The summed E-state index contributed by atoms with van der Waals surface area (Å²) in [4.78, 5) is 0. The fourth-order valence-electron chi connectivity index (χ4n) is 2.37. The van der Waals surface area contributed by atoms with Gasteiger partial charge in [0.05, 0.1) is 0 Å². The van der Waals surface area contributed by atoms with Gasteiger partial charge in [-0.1, -0.05) is 52.3 Å². The van der Waals surface area contributed by atoms with E-state index >= 15 is 0 Å². The molecule has 1 unspecified atom stereocenters. The van der Waals surface area contributed by atoms with Crippen LogP contribution in [-0.4, -0.2) is 0 Å². The Kier molecular flexibility index (Phi) is 3.95. The monoisotopic (exact) mass is 341 g/mol. The molecule has 0 amide bonds. The number of fused-ring (bicyclic) bond motifs is 1. The van der Waals surface area contributed by atoms with Crippen molar-refractivity contribution in [2.24, 2.45) is 5.73 Å². The Hall–Kier alpha value is -1.84. The van der Waals surface area contributed by atoms with E-state index in [2.05, 4.69) is 34.1 Å². The summed E-state index contributed by atoms with van der Waals surface area (Å²) in [6.45, 7) is 1.96. The smallest absolute Gasteiger partial charge is 0.135 e. The Bertz CT molecular complexity index is 778. The number of nitrogens with two attached hydrogens (primary N) is 1. The first-order chi connectivity index (χ1) is 10.1. The molecule has 0 heterocycles. The third-order valence-corrected chi connectivity index (χ3v) is 3.93. The second-order valence-corrected chi connectivity index (χ2v) is 5.97. The topological polar surface area (TPSA) is 35.2 Å². The molecule has 0 aromatic heterocycles. The fourth-order valence-corrected chi connectivity index (χ4v) is 2.75. The van der Waals surface area contributed by atoms with E-state index < -0.39 is 0 Å². The van der Waals surface area contributed by atoms with Crippen LogP contribution in [-0.2, 0) is 0 Å². The molecule has 0 spiro atoms. The van der Waals surface area contributed by atoms with Crippen molar-refractivity contribution in [1.29, 1.82) is 0 Å². The molecule has 0 aliphatic carbocycles. The van der Waals surface area contributed by atoms with Crippen LogP contribution in [0.1, 0.15) is 18.5 Å². The predicted octanol–water partition coefficient (Wildman–Crippen LogP) is 5.41. The van der Waals surface area contributed by atoms with Crippen LogP contribution in [0.15, 0.2) is 65.1 Å². The Labute approximate surface area is 132 Å². The molecule has 0 aliphatic rings. The molecular formula is C18H16BrNO. The summed E-state index contributed by atoms with van der Waals surface area (Å²) in [5.41, 5.74) is 7.03. The molecule has 2 N–H and O–H groups in total. The Morgan fingerprint density at radius 1 is 0.952 bits per heavy atom. The van der Waals surface area contributed by atoms with E-state index in [1.54, 1.807) is 0 Å². The Morgan fingerprint density at radius 3 is 2.52 bits per heavy atom. The van der Waals surface area contributed by atoms with Crippen molar-refractivity contribution in [2.45, 2.75) is 13.0 Å². The maximum atomic E-state index is 6.14. The SMILES string of the molecule is CC(N)c1cc(Br)ccc1Oc1cccc2ccccc12. The number of benzene rings is 3. The van der Waals surface area contributed by atoms with Gasteiger partial charge in [0.1, 0.15) is 11.5 Å². The summed E-state index contributed by atoms with van der Waals surface area (Å²) < 4.78 is 7.14. The standard InChI is InChI=1S/C18H16BrNO/c1-12(20)16-11-14(19)9-10-18(16)21-17-8-4-6-13-5-2-3-7-15(13)17/h2-12H,20H2,1H3. The molecule has 3 heteroatoms. The van der Waals surface area contributed by atoms with Crippen molar-refractivity contribution in [3.63, 3.8) is 0 Å². The molecule has 0 radical (unpaired) electrons. The average molecular weight is 342 g/mol. The molecule has 0 saturated heterocycles. The van der Waals surface area contributed by atoms with Crippen LogP contribution < -0.4 is 10.5 Å². The normalized spacial score (nSPS) is 12.3. The summed E-state index contributed by atoms with van der Waals surface area (Å²) in [5.74, 6) is 1.64. The maximum absolute atomic E-state index is 6.14. The zero-order chi connectivity index (χ0) is 14.8. The molecule has 1 atom stereocenters. The third kappa shape index (κ3) is 2.94. The highest BCUT2D eigenvalue weighted by Gasteiger charge is 2.11. The number of halogens is 1. The summed E-state index contributed by atoms with van der Waals surface area (Å²) in [5, 5.41) is 2.26. The van der Waals surface area contributed by atoms with Crippen molar-refractivity contribution >= 4 is 26.7 Å². The molecular weight excluding hydrogens is 326 g/mol. The molecule has 0 aliphatic heterocycles. The van der Waals surface area contributed by atoms with Gasteiger partial charge in [0.25, 0.3) is 0 Å². The van der Waals surface area contributed by atoms with E-state index in [1.807, 2.05) is 49.4 Å². The Balaban J connectivity index is 2.07. The predicted molar refractivity (Wildman–Crippen MR) is 90.8 cm³/mol. The van der Waals surface area contributed by atoms with Gasteiger partial charge in [-0.2, -0.15) is 0 Å². The third-order valence-electron chi connectivity index (χ3n) is 3.43. The van der Waals surface area contributed by atoms with Gasteiger partial charge in [0, 0.05) is 21.5 Å². The van der Waals surface area contributed by atoms with E-state index in [0.29, 0.717) is 0 Å². The van der Waals surface area contributed by atoms with Crippen molar-refractivity contribution in [3.05, 3.63) is 70.7 Å². The number of ether oxygens (including phenoxy) is 1. The van der Waals surface area contributed by atoms with Crippen LogP contribution in [0, 0.1) is 0 Å². The van der Waals surface area contributed by atoms with E-state index in [-0.39, 0.29) is 6.04 Å². The highest BCUT2D eigenvalue weighted by Crippen LogP contribution is 2.34. The van der Waals surface area contributed by atoms with Gasteiger partial charge in [-0.15, -0.1) is 0 Å². The highest BCUT2D eigenvalue weighted by atomic mass is 79.9. The van der Waals surface area contributed by atoms with Gasteiger partial charge in [-0.3, -0.25) is 0 Å². The molecule has 0 fully saturated rings. The second kappa shape index (κ2) is 5.88. The second-order valence-electron chi connectivity index (χ2n) is 5.05. The van der Waals surface area contributed by atoms with Crippen molar-refractivity contribution < 1.29 is 4.74 Å². The van der Waals surface area contributed by atoms with Crippen molar-refractivity contribution in [3.8, 4) is 11.5 Å². The first kappa shape index (κ1) is 14.1. The van der Waals surface area contributed by atoms with E-state index in [1.165, 1.54) is 0 Å². The average Bonchev–Trinajstić information content (AvgIpc) is 2.49. The minimum absolute atomic E-state index is 0.0903. The summed E-state index contributed by atoms with van der Waals surface area (Å²) in [7, 11) is 0. The van der Waals surface area contributed by atoms with Gasteiger partial charge in [-0.25, -0.2) is 0 Å². The van der Waals surface area contributed by atoms with Gasteiger partial charge in [-0.05, 0) is 36.6 Å². The van der Waals surface area contributed by atoms with Crippen molar-refractivity contribution in [1.82, 2.24) is 0 Å². The van der Waals surface area contributed by atoms with E-state index in [0.717, 1.165) is 32.3 Å². The zero-order valence-corrected chi connectivity index (χ0v) is 13.3. The molecule has 2 nitrogen and oxygen atoms in total. The highest BCUT2D eigenvalue weighted by molar-refractivity contribution is 9.10. The lowest BCUT2D eigenvalue weighted by Gasteiger charge is -2.15. The maximum Gasteiger partial charge on any atom is 0.135 e. The van der Waals surface area contributed by atoms with Crippen LogP contribution >= 0.6 is 15.9 Å². The molecule has 106 valence electrons. The van der Waals surface area contributed by atoms with E-state index in [4.69, 9.17) is 10.5 Å². The van der Waals surface area contributed by atoms with Crippen molar-refractivity contribution in [2.75, 3.05) is 0 Å². The van der Waals surface area contributed by atoms with Gasteiger partial charge >= 0.3 is 0 Å². The lowest BCUT2D eigenvalue weighted by molar-refractivity contribution is 0.477. The van der Waals surface area contributed by atoms with E-state index in [9.17, 15) is 0 Å². The van der Waals surface area contributed by atoms with Crippen LogP contribution in [0.4, 0.5) is 0 Å². The first-order valence-corrected chi connectivity index (χ1v) is 7.65. The zero-order valence-electron chi connectivity index (χ0n) is 11.7. The minimum Gasteiger partial charge on any atom is -0.456 e. The Morgan fingerprint density at radius 2 is 1.71 bits per heavy atom. The van der Waals surface area contributed by atoms with Crippen LogP contribution in [0.3, 0.4) is 0 Å². The molecule has 3 aromatic rings. The summed E-state index contributed by atoms with van der Waals surface area (Å²) in [6.07, 6.45) is 0. The number of rotatable bonds is 3. The van der Waals surface area contributed by atoms with Gasteiger partial charge in [0.15, 0.2) is 0 Å². The molecule has 3 rings (SSSR count). The molecule has 0 bridgehead atoms. The number of hydrogen-bond acceptors (Lipinski definition) is 2. The lowest BCUT2D eigenvalue weighted by atomic mass is 10.1. The molecule has 21 heavy (non-hydrogen) atoms. The number of hydrogen-bond donors (Lipinski definition) is 1. The quantitative estimate of drug-likeness (QED) is 0.690. The molecule has 0 saturated carbocycles. The first-order valence-electron chi connectivity index (χ1n) is 6.86. The fraction of sp³-hybridized carbons (Fsp3) is 0.111.